The first kappa shape index (κ1) is 22.9. The minimum Gasteiger partial charge on any atom is -0.380 e. The molecule has 2 atom stereocenters. The molecule has 1 aromatic carbocycles. The number of carbonyl (C=O) groups excluding carboxylic acids is 1. The molecule has 6 nitrogen and oxygen atoms in total. The highest BCUT2D eigenvalue weighted by atomic mass is 16.3. The van der Waals surface area contributed by atoms with Gasteiger partial charge in [-0.3, -0.25) is 9.69 Å². The highest BCUT2D eigenvalue weighted by Crippen LogP contribution is 2.50. The fourth-order valence-electron chi connectivity index (χ4n) is 5.58. The third-order valence-electron chi connectivity index (χ3n) is 7.49. The van der Waals surface area contributed by atoms with Gasteiger partial charge in [-0.05, 0) is 42.5 Å². The lowest BCUT2D eigenvalue weighted by atomic mass is 9.62. The Balaban J connectivity index is 1.76. The van der Waals surface area contributed by atoms with Gasteiger partial charge < -0.3 is 10.0 Å². The van der Waals surface area contributed by atoms with E-state index < -0.39 is 5.60 Å². The maximum Gasteiger partial charge on any atom is 0.231 e. The van der Waals surface area contributed by atoms with Crippen molar-refractivity contribution in [3.05, 3.63) is 53.2 Å². The molecule has 32 heavy (non-hydrogen) atoms. The van der Waals surface area contributed by atoms with Crippen molar-refractivity contribution < 1.29 is 9.90 Å². The van der Waals surface area contributed by atoms with Gasteiger partial charge in [0.15, 0.2) is 5.82 Å². The van der Waals surface area contributed by atoms with Crippen LogP contribution in [-0.2, 0) is 10.4 Å². The average Bonchev–Trinajstić information content (AvgIpc) is 3.14. The van der Waals surface area contributed by atoms with E-state index in [2.05, 4.69) is 68.9 Å². The van der Waals surface area contributed by atoms with Crippen LogP contribution in [0.4, 0.5) is 5.82 Å². The summed E-state index contributed by atoms with van der Waals surface area (Å²) in [5.41, 5.74) is 1.17. The van der Waals surface area contributed by atoms with Crippen molar-refractivity contribution in [2.24, 2.45) is 17.3 Å². The minimum absolute atomic E-state index is 0.0146. The number of amides is 1. The van der Waals surface area contributed by atoms with Gasteiger partial charge in [0.1, 0.15) is 5.60 Å². The topological polar surface area (TPSA) is 69.6 Å². The van der Waals surface area contributed by atoms with Crippen molar-refractivity contribution in [3.63, 3.8) is 0 Å². The summed E-state index contributed by atoms with van der Waals surface area (Å²) in [7, 11) is 2.06. The molecule has 0 bridgehead atoms. The van der Waals surface area contributed by atoms with Crippen LogP contribution in [0.1, 0.15) is 63.6 Å². The molecule has 1 amide bonds. The van der Waals surface area contributed by atoms with Gasteiger partial charge in [0.25, 0.3) is 0 Å². The normalized spacial score (nSPS) is 23.0. The van der Waals surface area contributed by atoms with E-state index in [4.69, 9.17) is 0 Å². The molecule has 2 unspecified atom stereocenters. The number of hydrogen-bond acceptors (Lipinski definition) is 5. The second kappa shape index (κ2) is 8.23. The predicted molar refractivity (Wildman–Crippen MR) is 126 cm³/mol. The number of carbonyl (C=O) groups is 1. The Bertz CT molecular complexity index is 982. The molecule has 0 saturated carbocycles. The van der Waals surface area contributed by atoms with Crippen LogP contribution >= 0.6 is 0 Å². The lowest BCUT2D eigenvalue weighted by Gasteiger charge is -2.55. The van der Waals surface area contributed by atoms with E-state index in [1.807, 2.05) is 18.2 Å². The van der Waals surface area contributed by atoms with Gasteiger partial charge in [0.05, 0.1) is 6.20 Å². The van der Waals surface area contributed by atoms with Crippen molar-refractivity contribution in [2.75, 3.05) is 31.6 Å². The Morgan fingerprint density at radius 1 is 1.12 bits per heavy atom. The van der Waals surface area contributed by atoms with E-state index in [1.54, 1.807) is 11.1 Å². The summed E-state index contributed by atoms with van der Waals surface area (Å²) in [5.74, 6) is 1.37. The number of aliphatic hydroxyl groups is 1. The van der Waals surface area contributed by atoms with Crippen LogP contribution in [0.15, 0.2) is 36.5 Å². The third kappa shape index (κ3) is 3.63. The maximum atomic E-state index is 13.0. The molecule has 2 aliphatic rings. The number of aromatic nitrogens is 2. The standard InChI is InChI=1S/C26H36N4O2/c1-17(2)19-7-9-20(10-8-19)26(32,25(5)15-29(6)16-25)21-13-23(28-27-14-21)30-12-11-22(18(3)4)24(30)31/h7-10,13-14,17-18,22,32H,11-12,15-16H2,1-6H3. The van der Waals surface area contributed by atoms with Gasteiger partial charge in [0, 0.05) is 36.5 Å². The molecule has 0 aliphatic carbocycles. The average molecular weight is 437 g/mol. The summed E-state index contributed by atoms with van der Waals surface area (Å²) in [4.78, 5) is 16.9. The molecular weight excluding hydrogens is 400 g/mol. The molecule has 172 valence electrons. The monoisotopic (exact) mass is 436 g/mol. The van der Waals surface area contributed by atoms with Crippen LogP contribution in [0.25, 0.3) is 0 Å². The molecule has 3 heterocycles. The third-order valence-corrected chi connectivity index (χ3v) is 7.49. The van der Waals surface area contributed by atoms with E-state index in [-0.39, 0.29) is 17.2 Å². The van der Waals surface area contributed by atoms with Gasteiger partial charge >= 0.3 is 0 Å². The van der Waals surface area contributed by atoms with Gasteiger partial charge in [-0.15, -0.1) is 5.10 Å². The first-order valence-corrected chi connectivity index (χ1v) is 11.7. The fourth-order valence-corrected chi connectivity index (χ4v) is 5.58. The van der Waals surface area contributed by atoms with Crippen LogP contribution in [-0.4, -0.2) is 52.8 Å². The minimum atomic E-state index is -1.24. The second-order valence-electron chi connectivity index (χ2n) is 10.7. The molecule has 4 rings (SSSR count). The molecule has 1 aromatic heterocycles. The first-order valence-electron chi connectivity index (χ1n) is 11.7. The van der Waals surface area contributed by atoms with E-state index >= 15 is 0 Å². The number of likely N-dealkylation sites (tertiary alicyclic amines) is 1. The van der Waals surface area contributed by atoms with Crippen LogP contribution in [0.3, 0.4) is 0 Å². The fraction of sp³-hybridized carbons (Fsp3) is 0.577. The molecule has 0 radical (unpaired) electrons. The van der Waals surface area contributed by atoms with Crippen molar-refractivity contribution in [1.82, 2.24) is 15.1 Å². The first-order chi connectivity index (χ1) is 15.1. The Labute approximate surface area is 191 Å². The zero-order chi connectivity index (χ0) is 23.3. The summed E-state index contributed by atoms with van der Waals surface area (Å²) in [5, 5.41) is 20.9. The lowest BCUT2D eigenvalue weighted by molar-refractivity contribution is -0.127. The quantitative estimate of drug-likeness (QED) is 0.746. The molecule has 0 spiro atoms. The summed E-state index contributed by atoms with van der Waals surface area (Å²) in [6.45, 7) is 12.8. The highest BCUT2D eigenvalue weighted by molar-refractivity contribution is 5.96. The summed E-state index contributed by atoms with van der Waals surface area (Å²) in [6, 6.07) is 10.1. The Kier molecular flexibility index (Phi) is 5.88. The number of hydrogen-bond donors (Lipinski definition) is 1. The molecule has 2 aliphatic heterocycles. The van der Waals surface area contributed by atoms with Crippen LogP contribution in [0.2, 0.25) is 0 Å². The van der Waals surface area contributed by atoms with E-state index in [0.717, 1.165) is 25.1 Å². The lowest BCUT2D eigenvalue weighted by Crippen LogP contribution is -2.63. The van der Waals surface area contributed by atoms with E-state index in [0.29, 0.717) is 29.8 Å². The largest absolute Gasteiger partial charge is 0.380 e. The number of rotatable bonds is 6. The molecule has 2 aromatic rings. The maximum absolute atomic E-state index is 13.0. The van der Waals surface area contributed by atoms with Crippen molar-refractivity contribution in [2.45, 2.75) is 52.6 Å². The Morgan fingerprint density at radius 2 is 1.78 bits per heavy atom. The zero-order valence-corrected chi connectivity index (χ0v) is 20.2. The van der Waals surface area contributed by atoms with Crippen molar-refractivity contribution in [1.29, 1.82) is 0 Å². The van der Waals surface area contributed by atoms with Crippen LogP contribution in [0.5, 0.6) is 0 Å². The Morgan fingerprint density at radius 3 is 2.31 bits per heavy atom. The predicted octanol–water partition coefficient (Wildman–Crippen LogP) is 3.80. The molecule has 1 N–H and O–H groups in total. The molecule has 2 fully saturated rings. The van der Waals surface area contributed by atoms with Gasteiger partial charge in [-0.1, -0.05) is 58.9 Å². The van der Waals surface area contributed by atoms with Crippen molar-refractivity contribution in [3.8, 4) is 0 Å². The molecular formula is C26H36N4O2. The van der Waals surface area contributed by atoms with Crippen LogP contribution in [0, 0.1) is 17.3 Å². The Hall–Kier alpha value is -2.31. The van der Waals surface area contributed by atoms with Gasteiger partial charge in [-0.2, -0.15) is 5.10 Å². The number of benzene rings is 1. The van der Waals surface area contributed by atoms with Crippen molar-refractivity contribution >= 4 is 11.7 Å². The molecule has 6 heteroatoms. The van der Waals surface area contributed by atoms with Crippen LogP contribution < -0.4 is 4.90 Å². The summed E-state index contributed by atoms with van der Waals surface area (Å²) >= 11 is 0. The highest BCUT2D eigenvalue weighted by Gasteiger charge is 2.55. The van der Waals surface area contributed by atoms with Gasteiger partial charge in [0.2, 0.25) is 5.91 Å². The number of nitrogens with zero attached hydrogens (tertiary/aromatic N) is 4. The number of anilines is 1. The van der Waals surface area contributed by atoms with E-state index in [1.165, 1.54) is 5.56 Å². The summed E-state index contributed by atoms with van der Waals surface area (Å²) in [6.07, 6.45) is 2.48. The second-order valence-corrected chi connectivity index (χ2v) is 10.7. The summed E-state index contributed by atoms with van der Waals surface area (Å²) < 4.78 is 0. The van der Waals surface area contributed by atoms with Gasteiger partial charge in [-0.25, -0.2) is 0 Å². The molecule has 2 saturated heterocycles. The zero-order valence-electron chi connectivity index (χ0n) is 20.2. The van der Waals surface area contributed by atoms with E-state index in [9.17, 15) is 9.90 Å². The SMILES string of the molecule is CC(C)c1ccc(C(O)(c2cnnc(N3CCC(C(C)C)C3=O)c2)C2(C)CN(C)C2)cc1. The smallest absolute Gasteiger partial charge is 0.231 e.